The maximum atomic E-state index is 13.4. The van der Waals surface area contributed by atoms with Crippen LogP contribution in [0.5, 0.6) is 0 Å². The molecule has 0 aliphatic rings. The minimum atomic E-state index is -1.53. The number of carbonyl (C=O) groups is 6. The minimum absolute atomic E-state index is 0.111. The molecule has 13 nitrogen and oxygen atoms in total. The van der Waals surface area contributed by atoms with Crippen molar-refractivity contribution in [1.29, 1.82) is 0 Å². The van der Waals surface area contributed by atoms with Crippen LogP contribution in [0.25, 0.3) is 0 Å². The maximum Gasteiger partial charge on any atom is 0.408 e. The molecule has 0 aliphatic carbocycles. The molecule has 43 heavy (non-hydrogen) atoms. The van der Waals surface area contributed by atoms with Crippen molar-refractivity contribution < 1.29 is 48.1 Å². The number of alkyl carbamates (subject to hydrolysis) is 1. The molecule has 4 N–H and O–H groups in total. The number of rotatable bonds is 14. The normalized spacial score (nSPS) is 13.6. The number of hydrogen-bond acceptors (Lipinski definition) is 9. The summed E-state index contributed by atoms with van der Waals surface area (Å²) in [6, 6.07) is 4.54. The van der Waals surface area contributed by atoms with Gasteiger partial charge in [0.1, 0.15) is 35.9 Å². The Labute approximate surface area is 252 Å². The van der Waals surface area contributed by atoms with Crippen LogP contribution < -0.4 is 16.0 Å². The van der Waals surface area contributed by atoms with Gasteiger partial charge in [-0.2, -0.15) is 0 Å². The summed E-state index contributed by atoms with van der Waals surface area (Å²) in [4.78, 5) is 75.8. The Morgan fingerprint density at radius 1 is 0.767 bits per heavy atom. The molecule has 0 heterocycles. The predicted molar refractivity (Wildman–Crippen MR) is 155 cm³/mol. The van der Waals surface area contributed by atoms with E-state index in [4.69, 9.17) is 14.2 Å². The van der Waals surface area contributed by atoms with Crippen LogP contribution in [0.1, 0.15) is 80.2 Å². The van der Waals surface area contributed by atoms with Gasteiger partial charge in [-0.15, -0.1) is 0 Å². The molecular weight excluding hydrogens is 562 g/mol. The first-order chi connectivity index (χ1) is 19.8. The summed E-state index contributed by atoms with van der Waals surface area (Å²) in [5.74, 6) is -5.07. The number of esters is 2. The van der Waals surface area contributed by atoms with E-state index in [0.29, 0.717) is 5.56 Å². The standard InChI is InChI=1S/C30H45N3O10/c1-18(2)24(27(38)39)33-25(36)20(14-15-22(34)42-29(3,4)5)31-26(37)21(16-23(35)43-30(6,7)8)32-28(40)41-17-19-12-10-9-11-13-19/h9-13,18,20-21,24H,14-17H2,1-8H3,(H,31,37)(H,32,40)(H,33,36)(H,38,39)/t20-,21-,24-/m0/s1. The summed E-state index contributed by atoms with van der Waals surface area (Å²) < 4.78 is 15.8. The molecule has 0 aliphatic heterocycles. The maximum absolute atomic E-state index is 13.4. The van der Waals surface area contributed by atoms with E-state index in [-0.39, 0.29) is 19.4 Å². The topological polar surface area (TPSA) is 186 Å². The van der Waals surface area contributed by atoms with E-state index in [1.165, 1.54) is 0 Å². The van der Waals surface area contributed by atoms with Gasteiger partial charge in [-0.25, -0.2) is 9.59 Å². The number of carbonyl (C=O) groups excluding carboxylic acids is 5. The number of aliphatic carboxylic acids is 1. The first kappa shape index (κ1) is 36.9. The second-order valence-corrected chi connectivity index (χ2v) is 12.3. The summed E-state index contributed by atoms with van der Waals surface area (Å²) >= 11 is 0. The molecular formula is C30H45N3O10. The van der Waals surface area contributed by atoms with Gasteiger partial charge < -0.3 is 35.3 Å². The molecule has 0 saturated heterocycles. The molecule has 1 aromatic carbocycles. The van der Waals surface area contributed by atoms with Gasteiger partial charge in [0.05, 0.1) is 6.42 Å². The van der Waals surface area contributed by atoms with Crippen molar-refractivity contribution in [1.82, 2.24) is 16.0 Å². The van der Waals surface area contributed by atoms with Gasteiger partial charge in [0.2, 0.25) is 11.8 Å². The van der Waals surface area contributed by atoms with Crippen molar-refractivity contribution in [3.8, 4) is 0 Å². The number of carboxylic acid groups (broad SMARTS) is 1. The van der Waals surface area contributed by atoms with Crippen molar-refractivity contribution in [2.45, 2.75) is 111 Å². The highest BCUT2D eigenvalue weighted by molar-refractivity contribution is 5.94. The van der Waals surface area contributed by atoms with E-state index < -0.39 is 77.5 Å². The fraction of sp³-hybridized carbons (Fsp3) is 0.600. The van der Waals surface area contributed by atoms with Crippen LogP contribution >= 0.6 is 0 Å². The molecule has 0 radical (unpaired) electrons. The molecule has 0 saturated carbocycles. The summed E-state index contributed by atoms with van der Waals surface area (Å²) in [6.07, 6.45) is -2.16. The molecule has 0 aromatic heterocycles. The van der Waals surface area contributed by atoms with Crippen LogP contribution in [0, 0.1) is 5.92 Å². The summed E-state index contributed by atoms with van der Waals surface area (Å²) in [5, 5.41) is 16.7. The predicted octanol–water partition coefficient (Wildman–Crippen LogP) is 2.85. The second kappa shape index (κ2) is 16.5. The highest BCUT2D eigenvalue weighted by atomic mass is 16.6. The third kappa shape index (κ3) is 15.6. The van der Waals surface area contributed by atoms with Crippen molar-refractivity contribution in [3.63, 3.8) is 0 Å². The molecule has 13 heteroatoms. The minimum Gasteiger partial charge on any atom is -0.480 e. The van der Waals surface area contributed by atoms with Gasteiger partial charge in [-0.3, -0.25) is 19.2 Å². The van der Waals surface area contributed by atoms with E-state index in [9.17, 15) is 33.9 Å². The lowest BCUT2D eigenvalue weighted by Crippen LogP contribution is -2.57. The smallest absolute Gasteiger partial charge is 0.408 e. The van der Waals surface area contributed by atoms with Crippen molar-refractivity contribution in [2.24, 2.45) is 5.92 Å². The Bertz CT molecular complexity index is 1120. The highest BCUT2D eigenvalue weighted by Crippen LogP contribution is 2.13. The fourth-order valence-corrected chi connectivity index (χ4v) is 3.63. The number of carboxylic acids is 1. The molecule has 240 valence electrons. The first-order valence-corrected chi connectivity index (χ1v) is 14.0. The molecule has 3 atom stereocenters. The molecule has 3 amide bonds. The Kier molecular flexibility index (Phi) is 14.1. The van der Waals surface area contributed by atoms with E-state index in [1.807, 2.05) is 0 Å². The van der Waals surface area contributed by atoms with Gasteiger partial charge in [0.25, 0.3) is 0 Å². The fourth-order valence-electron chi connectivity index (χ4n) is 3.63. The summed E-state index contributed by atoms with van der Waals surface area (Å²) in [6.45, 7) is 13.0. The molecule has 0 fully saturated rings. The Balaban J connectivity index is 3.17. The van der Waals surface area contributed by atoms with Crippen molar-refractivity contribution in [3.05, 3.63) is 35.9 Å². The van der Waals surface area contributed by atoms with Crippen LogP contribution in [-0.4, -0.2) is 70.2 Å². The zero-order valence-electron chi connectivity index (χ0n) is 26.1. The average Bonchev–Trinajstić information content (AvgIpc) is 2.85. The van der Waals surface area contributed by atoms with Crippen molar-refractivity contribution in [2.75, 3.05) is 0 Å². The van der Waals surface area contributed by atoms with Gasteiger partial charge in [0, 0.05) is 6.42 Å². The Hall–Kier alpha value is -4.16. The molecule has 1 rings (SSSR count). The molecule has 0 unspecified atom stereocenters. The number of ether oxygens (including phenoxy) is 3. The van der Waals surface area contributed by atoms with E-state index in [1.54, 1.807) is 85.7 Å². The zero-order chi connectivity index (χ0) is 33.0. The SMILES string of the molecule is CC(C)[C@H](NC(=O)[C@H](CCC(=O)OC(C)(C)C)NC(=O)[C@H](CC(=O)OC(C)(C)C)NC(=O)OCc1ccccc1)C(=O)O. The van der Waals surface area contributed by atoms with Gasteiger partial charge in [0.15, 0.2) is 0 Å². The Morgan fingerprint density at radius 2 is 1.30 bits per heavy atom. The Morgan fingerprint density at radius 3 is 1.81 bits per heavy atom. The van der Waals surface area contributed by atoms with Crippen LogP contribution in [0.3, 0.4) is 0 Å². The van der Waals surface area contributed by atoms with Crippen LogP contribution in [0.4, 0.5) is 4.79 Å². The lowest BCUT2D eigenvalue weighted by atomic mass is 10.0. The van der Waals surface area contributed by atoms with Crippen LogP contribution in [0.2, 0.25) is 0 Å². The summed E-state index contributed by atoms with van der Waals surface area (Å²) in [5.41, 5.74) is -1.00. The quantitative estimate of drug-likeness (QED) is 0.181. The third-order valence-corrected chi connectivity index (χ3v) is 5.53. The van der Waals surface area contributed by atoms with Crippen LogP contribution in [0.15, 0.2) is 30.3 Å². The third-order valence-electron chi connectivity index (χ3n) is 5.53. The number of nitrogens with one attached hydrogen (secondary N) is 3. The van der Waals surface area contributed by atoms with E-state index in [0.717, 1.165) is 0 Å². The number of hydrogen-bond donors (Lipinski definition) is 4. The second-order valence-electron chi connectivity index (χ2n) is 12.3. The molecule has 1 aromatic rings. The van der Waals surface area contributed by atoms with Gasteiger partial charge in [-0.1, -0.05) is 44.2 Å². The lowest BCUT2D eigenvalue weighted by Gasteiger charge is -2.26. The van der Waals surface area contributed by atoms with E-state index in [2.05, 4.69) is 16.0 Å². The van der Waals surface area contributed by atoms with Crippen LogP contribution in [-0.2, 0) is 44.8 Å². The highest BCUT2D eigenvalue weighted by Gasteiger charge is 2.33. The van der Waals surface area contributed by atoms with E-state index >= 15 is 0 Å². The first-order valence-electron chi connectivity index (χ1n) is 14.0. The molecule has 0 spiro atoms. The number of benzene rings is 1. The lowest BCUT2D eigenvalue weighted by molar-refractivity contribution is -0.156. The van der Waals surface area contributed by atoms with Gasteiger partial charge >= 0.3 is 24.0 Å². The molecule has 0 bridgehead atoms. The summed E-state index contributed by atoms with van der Waals surface area (Å²) in [7, 11) is 0. The van der Waals surface area contributed by atoms with Gasteiger partial charge in [-0.05, 0) is 59.4 Å². The zero-order valence-corrected chi connectivity index (χ0v) is 26.1. The van der Waals surface area contributed by atoms with Crippen molar-refractivity contribution >= 4 is 35.8 Å². The number of amides is 3. The monoisotopic (exact) mass is 607 g/mol. The average molecular weight is 608 g/mol. The largest absolute Gasteiger partial charge is 0.480 e.